The van der Waals surface area contributed by atoms with Crippen LogP contribution in [-0.2, 0) is 16.6 Å². The standard InChI is InChI=1S/C14H16N2O4S2/c1-2-7-15(10-12-6-8-21-11-12)22(19,20)14-5-3-4-13(9-14)16(17)18/h3-6,8-9,11H,2,7,10H2,1H3. The van der Waals surface area contributed by atoms with E-state index in [0.717, 1.165) is 11.6 Å². The minimum Gasteiger partial charge on any atom is -0.258 e. The normalized spacial score (nSPS) is 11.7. The lowest BCUT2D eigenvalue weighted by Gasteiger charge is -2.21. The van der Waals surface area contributed by atoms with Crippen molar-refractivity contribution in [1.82, 2.24) is 4.31 Å². The number of hydrogen-bond donors (Lipinski definition) is 0. The van der Waals surface area contributed by atoms with Crippen molar-refractivity contribution >= 4 is 27.0 Å². The molecule has 0 radical (unpaired) electrons. The van der Waals surface area contributed by atoms with Crippen LogP contribution < -0.4 is 0 Å². The number of nitrogens with zero attached hydrogens (tertiary/aromatic N) is 2. The Kier molecular flexibility index (Phi) is 5.28. The van der Waals surface area contributed by atoms with E-state index in [1.54, 1.807) is 0 Å². The summed E-state index contributed by atoms with van der Waals surface area (Å²) in [7, 11) is -3.76. The Bertz CT molecular complexity index is 742. The van der Waals surface area contributed by atoms with Crippen molar-refractivity contribution in [3.63, 3.8) is 0 Å². The Morgan fingerprint density at radius 1 is 1.32 bits per heavy atom. The van der Waals surface area contributed by atoms with Crippen LogP contribution in [0.3, 0.4) is 0 Å². The van der Waals surface area contributed by atoms with Gasteiger partial charge in [-0.05, 0) is 34.9 Å². The molecule has 0 unspecified atom stereocenters. The van der Waals surface area contributed by atoms with Gasteiger partial charge in [0.2, 0.25) is 10.0 Å². The predicted molar refractivity (Wildman–Crippen MR) is 85.3 cm³/mol. The second-order valence-corrected chi connectivity index (χ2v) is 7.44. The molecule has 2 aromatic rings. The third-order valence-electron chi connectivity index (χ3n) is 3.08. The summed E-state index contributed by atoms with van der Waals surface area (Å²) < 4.78 is 26.8. The molecule has 0 aliphatic rings. The number of thiophene rings is 1. The molecule has 0 N–H and O–H groups in total. The van der Waals surface area contributed by atoms with Gasteiger partial charge in [-0.15, -0.1) is 0 Å². The highest BCUT2D eigenvalue weighted by Gasteiger charge is 2.25. The van der Waals surface area contributed by atoms with E-state index >= 15 is 0 Å². The van der Waals surface area contributed by atoms with Gasteiger partial charge in [-0.3, -0.25) is 10.1 Å². The average molecular weight is 340 g/mol. The number of sulfonamides is 1. The number of hydrogen-bond acceptors (Lipinski definition) is 5. The topological polar surface area (TPSA) is 80.5 Å². The Balaban J connectivity index is 2.36. The van der Waals surface area contributed by atoms with Crippen LogP contribution in [-0.4, -0.2) is 24.2 Å². The van der Waals surface area contributed by atoms with Gasteiger partial charge in [-0.2, -0.15) is 15.6 Å². The van der Waals surface area contributed by atoms with Crippen molar-refractivity contribution in [2.45, 2.75) is 24.8 Å². The Labute approximate surface area is 133 Å². The highest BCUT2D eigenvalue weighted by atomic mass is 32.2. The third-order valence-corrected chi connectivity index (χ3v) is 5.65. The summed E-state index contributed by atoms with van der Waals surface area (Å²) in [6, 6.07) is 7.03. The molecule has 0 saturated heterocycles. The van der Waals surface area contributed by atoms with Crippen molar-refractivity contribution in [3.05, 3.63) is 56.8 Å². The second kappa shape index (κ2) is 6.99. The van der Waals surface area contributed by atoms with Crippen molar-refractivity contribution in [2.75, 3.05) is 6.54 Å². The van der Waals surface area contributed by atoms with Crippen LogP contribution in [0.15, 0.2) is 46.0 Å². The summed E-state index contributed by atoms with van der Waals surface area (Å²) in [6.45, 7) is 2.52. The first kappa shape index (κ1) is 16.6. The minimum atomic E-state index is -3.76. The SMILES string of the molecule is CCCN(Cc1ccsc1)S(=O)(=O)c1cccc([N+](=O)[O-])c1. The number of nitro groups is 1. The first-order valence-electron chi connectivity index (χ1n) is 6.71. The van der Waals surface area contributed by atoms with Crippen LogP contribution in [0.5, 0.6) is 0 Å². The molecule has 118 valence electrons. The molecule has 0 spiro atoms. The summed E-state index contributed by atoms with van der Waals surface area (Å²) in [5.41, 5.74) is 0.681. The number of nitro benzene ring substituents is 1. The fraction of sp³-hybridized carbons (Fsp3) is 0.286. The van der Waals surface area contributed by atoms with Gasteiger partial charge < -0.3 is 0 Å². The zero-order chi connectivity index (χ0) is 16.2. The summed E-state index contributed by atoms with van der Waals surface area (Å²) in [4.78, 5) is 10.2. The molecule has 0 bridgehead atoms. The molecule has 0 aliphatic heterocycles. The molecule has 0 saturated carbocycles. The van der Waals surface area contributed by atoms with Gasteiger partial charge in [-0.1, -0.05) is 13.0 Å². The molecular weight excluding hydrogens is 324 g/mol. The van der Waals surface area contributed by atoms with E-state index in [2.05, 4.69) is 0 Å². The maximum atomic E-state index is 12.7. The first-order chi connectivity index (χ1) is 10.4. The molecule has 0 amide bonds. The fourth-order valence-corrected chi connectivity index (χ4v) is 4.25. The minimum absolute atomic E-state index is 0.0506. The van der Waals surface area contributed by atoms with E-state index in [4.69, 9.17) is 0 Å². The first-order valence-corrected chi connectivity index (χ1v) is 9.09. The molecule has 1 heterocycles. The number of rotatable bonds is 7. The second-order valence-electron chi connectivity index (χ2n) is 4.72. The lowest BCUT2D eigenvalue weighted by molar-refractivity contribution is -0.385. The van der Waals surface area contributed by atoms with Gasteiger partial charge in [0.05, 0.1) is 9.82 Å². The van der Waals surface area contributed by atoms with Gasteiger partial charge in [-0.25, -0.2) is 8.42 Å². The van der Waals surface area contributed by atoms with Crippen LogP contribution >= 0.6 is 11.3 Å². The molecule has 8 heteroatoms. The highest BCUT2D eigenvalue weighted by molar-refractivity contribution is 7.89. The summed E-state index contributed by atoms with van der Waals surface area (Å²) >= 11 is 1.50. The van der Waals surface area contributed by atoms with Crippen molar-refractivity contribution < 1.29 is 13.3 Å². The smallest absolute Gasteiger partial charge is 0.258 e. The van der Waals surface area contributed by atoms with E-state index in [0.29, 0.717) is 13.0 Å². The zero-order valence-electron chi connectivity index (χ0n) is 12.0. The van der Waals surface area contributed by atoms with Crippen LogP contribution in [0.25, 0.3) is 0 Å². The molecule has 1 aromatic heterocycles. The molecule has 22 heavy (non-hydrogen) atoms. The summed E-state index contributed by atoms with van der Waals surface area (Å²) in [6.07, 6.45) is 0.665. The third kappa shape index (κ3) is 3.70. The van der Waals surface area contributed by atoms with Gasteiger partial charge in [0.1, 0.15) is 0 Å². The van der Waals surface area contributed by atoms with Gasteiger partial charge in [0, 0.05) is 25.2 Å². The number of benzene rings is 1. The van der Waals surface area contributed by atoms with Crippen molar-refractivity contribution in [1.29, 1.82) is 0 Å². The van der Waals surface area contributed by atoms with Gasteiger partial charge in [0.25, 0.3) is 5.69 Å². The molecule has 2 rings (SSSR count). The summed E-state index contributed by atoms with van der Waals surface area (Å²) in [5.74, 6) is 0. The molecule has 0 atom stereocenters. The Hall–Kier alpha value is -1.77. The monoisotopic (exact) mass is 340 g/mol. The molecule has 1 aromatic carbocycles. The zero-order valence-corrected chi connectivity index (χ0v) is 13.6. The molecule has 0 aliphatic carbocycles. The molecule has 6 nitrogen and oxygen atoms in total. The van der Waals surface area contributed by atoms with Crippen LogP contribution in [0.4, 0.5) is 5.69 Å². The lowest BCUT2D eigenvalue weighted by atomic mass is 10.3. The predicted octanol–water partition coefficient (Wildman–Crippen LogP) is 3.26. The fourth-order valence-electron chi connectivity index (χ4n) is 2.03. The lowest BCUT2D eigenvalue weighted by Crippen LogP contribution is -2.31. The summed E-state index contributed by atoms with van der Waals surface area (Å²) in [5, 5.41) is 14.6. The number of non-ortho nitro benzene ring substituents is 1. The van der Waals surface area contributed by atoms with E-state index in [9.17, 15) is 18.5 Å². The Morgan fingerprint density at radius 3 is 2.68 bits per heavy atom. The van der Waals surface area contributed by atoms with E-state index in [1.165, 1.54) is 33.8 Å². The van der Waals surface area contributed by atoms with Crippen molar-refractivity contribution in [3.8, 4) is 0 Å². The average Bonchev–Trinajstić information content (AvgIpc) is 3.00. The van der Waals surface area contributed by atoms with Crippen LogP contribution in [0.1, 0.15) is 18.9 Å². The quantitative estimate of drug-likeness (QED) is 0.572. The van der Waals surface area contributed by atoms with E-state index in [1.807, 2.05) is 23.8 Å². The highest BCUT2D eigenvalue weighted by Crippen LogP contribution is 2.23. The maximum absolute atomic E-state index is 12.7. The largest absolute Gasteiger partial charge is 0.270 e. The Morgan fingerprint density at radius 2 is 2.09 bits per heavy atom. The van der Waals surface area contributed by atoms with Crippen LogP contribution in [0.2, 0.25) is 0 Å². The van der Waals surface area contributed by atoms with Gasteiger partial charge in [0.15, 0.2) is 0 Å². The van der Waals surface area contributed by atoms with Gasteiger partial charge >= 0.3 is 0 Å². The van der Waals surface area contributed by atoms with E-state index in [-0.39, 0.29) is 17.1 Å². The molecule has 0 fully saturated rings. The molecular formula is C14H16N2O4S2. The van der Waals surface area contributed by atoms with E-state index < -0.39 is 14.9 Å². The van der Waals surface area contributed by atoms with Crippen molar-refractivity contribution in [2.24, 2.45) is 0 Å². The maximum Gasteiger partial charge on any atom is 0.270 e. The van der Waals surface area contributed by atoms with Crippen LogP contribution in [0, 0.1) is 10.1 Å².